The van der Waals surface area contributed by atoms with E-state index in [1.807, 2.05) is 42.5 Å². The van der Waals surface area contributed by atoms with Crippen molar-refractivity contribution in [2.75, 3.05) is 0 Å². The zero-order valence-corrected chi connectivity index (χ0v) is 30.9. The van der Waals surface area contributed by atoms with E-state index in [9.17, 15) is 5.26 Å². The smallest absolute Gasteiger partial charge is 0.164 e. The van der Waals surface area contributed by atoms with E-state index in [2.05, 4.69) is 158 Å². The summed E-state index contributed by atoms with van der Waals surface area (Å²) in [6, 6.07) is 74.4. The summed E-state index contributed by atoms with van der Waals surface area (Å²) in [5, 5.41) is 9.40. The lowest BCUT2D eigenvalue weighted by molar-refractivity contribution is 0.769. The van der Waals surface area contributed by atoms with Gasteiger partial charge in [0.2, 0.25) is 0 Å². The van der Waals surface area contributed by atoms with Gasteiger partial charge in [0, 0.05) is 16.7 Å². The molecule has 0 saturated heterocycles. The summed E-state index contributed by atoms with van der Waals surface area (Å²) < 4.78 is 0. The van der Waals surface area contributed by atoms with Gasteiger partial charge in [-0.25, -0.2) is 15.0 Å². The Hall–Kier alpha value is -7.74. The molecule has 1 heterocycles. The zero-order valence-electron chi connectivity index (χ0n) is 30.9. The molecular formula is C53H34N4. The molecule has 1 aliphatic carbocycles. The molecule has 0 fully saturated rings. The van der Waals surface area contributed by atoms with E-state index in [-0.39, 0.29) is 0 Å². The number of rotatable bonds is 7. The van der Waals surface area contributed by atoms with Gasteiger partial charge in [-0.2, -0.15) is 5.26 Å². The molecular weight excluding hydrogens is 693 g/mol. The maximum atomic E-state index is 9.40. The third-order valence-corrected chi connectivity index (χ3v) is 11.1. The summed E-state index contributed by atoms with van der Waals surface area (Å²) in [5.74, 6) is 1.72. The summed E-state index contributed by atoms with van der Waals surface area (Å²) >= 11 is 0. The fourth-order valence-electron chi connectivity index (χ4n) is 8.43. The van der Waals surface area contributed by atoms with E-state index >= 15 is 0 Å². The first kappa shape index (κ1) is 33.8. The van der Waals surface area contributed by atoms with Crippen LogP contribution in [0.15, 0.2) is 206 Å². The Morgan fingerprint density at radius 2 is 0.737 bits per heavy atom. The van der Waals surface area contributed by atoms with Crippen molar-refractivity contribution in [2.24, 2.45) is 0 Å². The van der Waals surface area contributed by atoms with Crippen molar-refractivity contribution >= 4 is 0 Å². The minimum Gasteiger partial charge on any atom is -0.208 e. The molecule has 1 aromatic heterocycles. The van der Waals surface area contributed by atoms with Gasteiger partial charge in [0.1, 0.15) is 0 Å². The topological polar surface area (TPSA) is 62.5 Å². The molecule has 0 atom stereocenters. The highest BCUT2D eigenvalue weighted by atomic mass is 15.0. The average Bonchev–Trinajstić information content (AvgIpc) is 3.60. The van der Waals surface area contributed by atoms with Gasteiger partial charge in [0.05, 0.1) is 17.0 Å². The van der Waals surface area contributed by atoms with Gasteiger partial charge >= 0.3 is 0 Å². The Morgan fingerprint density at radius 1 is 0.333 bits per heavy atom. The highest BCUT2D eigenvalue weighted by Crippen LogP contribution is 2.58. The normalized spacial score (nSPS) is 12.3. The van der Waals surface area contributed by atoms with E-state index in [4.69, 9.17) is 15.0 Å². The zero-order chi connectivity index (χ0) is 38.2. The van der Waals surface area contributed by atoms with Crippen LogP contribution in [0, 0.1) is 11.3 Å². The van der Waals surface area contributed by atoms with Crippen molar-refractivity contribution in [3.05, 3.63) is 234 Å². The first-order chi connectivity index (χ1) is 28.2. The Labute approximate surface area is 332 Å². The Morgan fingerprint density at radius 3 is 1.28 bits per heavy atom. The Balaban J connectivity index is 1.17. The van der Waals surface area contributed by atoms with Crippen LogP contribution in [0.5, 0.6) is 0 Å². The van der Waals surface area contributed by atoms with E-state index < -0.39 is 5.41 Å². The van der Waals surface area contributed by atoms with Gasteiger partial charge in [0.25, 0.3) is 0 Å². The summed E-state index contributed by atoms with van der Waals surface area (Å²) in [5.41, 5.74) is 14.7. The maximum Gasteiger partial charge on any atom is 0.164 e. The quantitative estimate of drug-likeness (QED) is 0.164. The van der Waals surface area contributed by atoms with Crippen LogP contribution >= 0.6 is 0 Å². The molecule has 0 aliphatic heterocycles. The van der Waals surface area contributed by atoms with Crippen LogP contribution in [0.3, 0.4) is 0 Å². The highest BCUT2D eigenvalue weighted by molar-refractivity contribution is 5.95. The molecule has 4 heteroatoms. The Kier molecular flexibility index (Phi) is 8.39. The van der Waals surface area contributed by atoms with Gasteiger partial charge in [-0.15, -0.1) is 0 Å². The summed E-state index contributed by atoms with van der Waals surface area (Å²) in [6.45, 7) is 0. The third-order valence-electron chi connectivity index (χ3n) is 11.1. The molecule has 0 saturated carbocycles. The summed E-state index contributed by atoms with van der Waals surface area (Å²) in [4.78, 5) is 14.8. The minimum atomic E-state index is -0.515. The number of nitrogens with zero attached hydrogens (tertiary/aromatic N) is 4. The lowest BCUT2D eigenvalue weighted by Crippen LogP contribution is -2.28. The standard InChI is InChI=1S/C53H34N4/c54-35-36-25-27-40(28-26-36)51-55-50(39-17-7-2-8-18-39)56-52(57-51)41-31-29-38(30-32-41)46-34-49-47(33-45(46)37-15-5-1-6-16-37)44-23-13-14-24-48(44)53(49,42-19-9-3-10-20-42)43-21-11-4-12-22-43/h1-34H. The molecule has 57 heavy (non-hydrogen) atoms. The van der Waals surface area contributed by atoms with E-state index in [0.717, 1.165) is 33.4 Å². The molecule has 10 rings (SSSR count). The lowest BCUT2D eigenvalue weighted by Gasteiger charge is -2.34. The second-order valence-corrected chi connectivity index (χ2v) is 14.3. The van der Waals surface area contributed by atoms with Crippen molar-refractivity contribution in [3.63, 3.8) is 0 Å². The highest BCUT2D eigenvalue weighted by Gasteiger charge is 2.46. The van der Waals surface area contributed by atoms with Crippen molar-refractivity contribution in [3.8, 4) is 73.6 Å². The van der Waals surface area contributed by atoms with Crippen LogP contribution in [-0.4, -0.2) is 15.0 Å². The number of hydrogen-bond acceptors (Lipinski definition) is 4. The van der Waals surface area contributed by atoms with Gasteiger partial charge < -0.3 is 0 Å². The largest absolute Gasteiger partial charge is 0.208 e. The average molecular weight is 727 g/mol. The van der Waals surface area contributed by atoms with Crippen molar-refractivity contribution in [1.29, 1.82) is 5.26 Å². The van der Waals surface area contributed by atoms with Crippen LogP contribution in [0.2, 0.25) is 0 Å². The second-order valence-electron chi connectivity index (χ2n) is 14.3. The molecule has 0 bridgehead atoms. The van der Waals surface area contributed by atoms with Crippen LogP contribution in [0.25, 0.3) is 67.5 Å². The van der Waals surface area contributed by atoms with Crippen LogP contribution in [0.1, 0.15) is 27.8 Å². The predicted molar refractivity (Wildman–Crippen MR) is 229 cm³/mol. The molecule has 0 N–H and O–H groups in total. The van der Waals surface area contributed by atoms with E-state index in [1.54, 1.807) is 12.1 Å². The molecule has 0 radical (unpaired) electrons. The number of fused-ring (bicyclic) bond motifs is 3. The predicted octanol–water partition coefficient (Wildman–Crippen LogP) is 12.4. The SMILES string of the molecule is N#Cc1ccc(-c2nc(-c3ccccc3)nc(-c3ccc(-c4cc5c(cc4-c4ccccc4)-c4ccccc4C5(c4ccccc4)c4ccccc4)cc3)n2)cc1. The Bertz CT molecular complexity index is 2880. The fourth-order valence-corrected chi connectivity index (χ4v) is 8.43. The van der Waals surface area contributed by atoms with Crippen LogP contribution < -0.4 is 0 Å². The molecule has 0 unspecified atom stereocenters. The third kappa shape index (κ3) is 5.82. The van der Waals surface area contributed by atoms with Gasteiger partial charge in [-0.05, 0) is 92.0 Å². The second kappa shape index (κ2) is 14.2. The van der Waals surface area contributed by atoms with E-state index in [0.29, 0.717) is 23.0 Å². The first-order valence-corrected chi connectivity index (χ1v) is 19.1. The van der Waals surface area contributed by atoms with Crippen molar-refractivity contribution in [1.82, 2.24) is 15.0 Å². The monoisotopic (exact) mass is 726 g/mol. The summed E-state index contributed by atoms with van der Waals surface area (Å²) in [7, 11) is 0. The first-order valence-electron chi connectivity index (χ1n) is 19.1. The minimum absolute atomic E-state index is 0.515. The van der Waals surface area contributed by atoms with E-state index in [1.165, 1.54) is 38.9 Å². The molecule has 4 nitrogen and oxygen atoms in total. The number of aromatic nitrogens is 3. The van der Waals surface area contributed by atoms with Crippen molar-refractivity contribution in [2.45, 2.75) is 5.41 Å². The maximum absolute atomic E-state index is 9.40. The molecule has 266 valence electrons. The van der Waals surface area contributed by atoms with Crippen molar-refractivity contribution < 1.29 is 0 Å². The summed E-state index contributed by atoms with van der Waals surface area (Å²) in [6.07, 6.45) is 0. The molecule has 9 aromatic rings. The van der Waals surface area contributed by atoms with Crippen LogP contribution in [-0.2, 0) is 5.41 Å². The number of benzene rings is 8. The van der Waals surface area contributed by atoms with Gasteiger partial charge in [-0.3, -0.25) is 0 Å². The molecule has 0 amide bonds. The molecule has 1 aliphatic rings. The number of nitriles is 1. The fraction of sp³-hybridized carbons (Fsp3) is 0.0189. The molecule has 0 spiro atoms. The van der Waals surface area contributed by atoms with Gasteiger partial charge in [-0.1, -0.05) is 170 Å². The lowest BCUT2D eigenvalue weighted by atomic mass is 9.67. The molecule has 8 aromatic carbocycles. The van der Waals surface area contributed by atoms with Crippen LogP contribution in [0.4, 0.5) is 0 Å². The number of hydrogen-bond donors (Lipinski definition) is 0. The van der Waals surface area contributed by atoms with Gasteiger partial charge in [0.15, 0.2) is 17.5 Å².